The van der Waals surface area contributed by atoms with Gasteiger partial charge in [0.05, 0.1) is 0 Å². The number of rotatable bonds is 2. The molecule has 1 aliphatic heterocycles. The molecule has 1 atom stereocenters. The van der Waals surface area contributed by atoms with Crippen LogP contribution >= 0.6 is 15.9 Å². The summed E-state index contributed by atoms with van der Waals surface area (Å²) in [5.74, 6) is -0.0392. The third-order valence-corrected chi connectivity index (χ3v) is 3.06. The van der Waals surface area contributed by atoms with E-state index in [0.717, 1.165) is 16.6 Å². The summed E-state index contributed by atoms with van der Waals surface area (Å²) in [6.07, 6.45) is 3.86. The summed E-state index contributed by atoms with van der Waals surface area (Å²) < 4.78 is 0. The van der Waals surface area contributed by atoms with E-state index in [0.29, 0.717) is 0 Å². The molecule has 2 rings (SSSR count). The molecule has 1 aliphatic rings. The van der Waals surface area contributed by atoms with E-state index >= 15 is 0 Å². The van der Waals surface area contributed by atoms with Gasteiger partial charge in [0, 0.05) is 17.9 Å². The van der Waals surface area contributed by atoms with Crippen LogP contribution in [0.2, 0.25) is 0 Å². The second-order valence-corrected chi connectivity index (χ2v) is 4.30. The molecule has 84 valence electrons. The van der Waals surface area contributed by atoms with Gasteiger partial charge in [-0.1, -0.05) is 28.1 Å². The Morgan fingerprint density at radius 1 is 1.56 bits per heavy atom. The van der Waals surface area contributed by atoms with Crippen molar-refractivity contribution in [3.8, 4) is 0 Å². The van der Waals surface area contributed by atoms with Crippen molar-refractivity contribution in [2.45, 2.75) is 18.4 Å². The van der Waals surface area contributed by atoms with Crippen LogP contribution in [-0.4, -0.2) is 12.1 Å². The van der Waals surface area contributed by atoms with Crippen molar-refractivity contribution in [2.24, 2.45) is 0 Å². The molecule has 1 heterocycles. The molecule has 0 bridgehead atoms. The molecular weight excluding hydrogens is 268 g/mol. The van der Waals surface area contributed by atoms with Crippen LogP contribution in [0.4, 0.5) is 5.69 Å². The van der Waals surface area contributed by atoms with E-state index in [1.807, 2.05) is 18.2 Å². The summed E-state index contributed by atoms with van der Waals surface area (Å²) in [7, 11) is 0. The van der Waals surface area contributed by atoms with Crippen molar-refractivity contribution in [3.63, 3.8) is 0 Å². The second kappa shape index (κ2) is 4.70. The zero-order valence-corrected chi connectivity index (χ0v) is 10.5. The van der Waals surface area contributed by atoms with Gasteiger partial charge in [0.2, 0.25) is 5.91 Å². The van der Waals surface area contributed by atoms with Gasteiger partial charge < -0.3 is 10.6 Å². The maximum absolute atomic E-state index is 10.9. The van der Waals surface area contributed by atoms with Gasteiger partial charge in [-0.15, -0.1) is 0 Å². The first-order valence-electron chi connectivity index (χ1n) is 5.10. The first kappa shape index (κ1) is 11.2. The van der Waals surface area contributed by atoms with Gasteiger partial charge in [-0.25, -0.2) is 0 Å². The first-order valence-corrected chi connectivity index (χ1v) is 6.22. The summed E-state index contributed by atoms with van der Waals surface area (Å²) >= 11 is 3.43. The highest BCUT2D eigenvalue weighted by molar-refractivity contribution is 9.08. The van der Waals surface area contributed by atoms with Crippen LogP contribution in [0.1, 0.15) is 18.1 Å². The molecule has 1 amide bonds. The molecule has 0 saturated heterocycles. The number of carbonyl (C=O) groups is 1. The van der Waals surface area contributed by atoms with E-state index in [1.54, 1.807) is 0 Å². The summed E-state index contributed by atoms with van der Waals surface area (Å²) in [4.78, 5) is 10.9. The molecule has 4 heteroatoms. The Bertz CT molecular complexity index is 443. The number of amides is 1. The van der Waals surface area contributed by atoms with Crippen molar-refractivity contribution in [1.82, 2.24) is 5.32 Å². The highest BCUT2D eigenvalue weighted by Crippen LogP contribution is 2.24. The fraction of sp³-hybridized carbons (Fsp3) is 0.250. The van der Waals surface area contributed by atoms with Gasteiger partial charge in [-0.2, -0.15) is 0 Å². The second-order valence-electron chi connectivity index (χ2n) is 3.74. The van der Waals surface area contributed by atoms with Gasteiger partial charge in [-0.05, 0) is 29.3 Å². The van der Waals surface area contributed by atoms with E-state index in [2.05, 4.69) is 38.7 Å². The summed E-state index contributed by atoms with van der Waals surface area (Å²) in [6.45, 7) is 1.51. The largest absolute Gasteiger partial charge is 0.362 e. The zero-order valence-electron chi connectivity index (χ0n) is 8.96. The van der Waals surface area contributed by atoms with Crippen molar-refractivity contribution in [2.75, 3.05) is 5.32 Å². The quantitative estimate of drug-likeness (QED) is 0.818. The predicted molar refractivity (Wildman–Crippen MR) is 69.3 cm³/mol. The molecule has 1 unspecified atom stereocenters. The minimum Gasteiger partial charge on any atom is -0.362 e. The van der Waals surface area contributed by atoms with Crippen LogP contribution in [0.3, 0.4) is 0 Å². The van der Waals surface area contributed by atoms with Crippen molar-refractivity contribution in [1.29, 1.82) is 0 Å². The number of carbonyl (C=O) groups excluding carboxylic acids is 1. The normalized spacial score (nSPS) is 17.5. The fourth-order valence-electron chi connectivity index (χ4n) is 1.68. The Morgan fingerprint density at radius 2 is 2.38 bits per heavy atom. The molecule has 0 radical (unpaired) electrons. The minimum absolute atomic E-state index is 0.0392. The Kier molecular flexibility index (Phi) is 3.29. The molecular formula is C12H13BrN2O. The first-order chi connectivity index (χ1) is 7.69. The van der Waals surface area contributed by atoms with Gasteiger partial charge >= 0.3 is 0 Å². The van der Waals surface area contributed by atoms with Gasteiger partial charge in [0.1, 0.15) is 6.17 Å². The summed E-state index contributed by atoms with van der Waals surface area (Å²) in [6, 6.07) is 6.21. The van der Waals surface area contributed by atoms with Crippen LogP contribution in [0, 0.1) is 0 Å². The molecule has 2 N–H and O–H groups in total. The van der Waals surface area contributed by atoms with E-state index in [1.165, 1.54) is 12.5 Å². The molecule has 0 saturated carbocycles. The number of anilines is 1. The lowest BCUT2D eigenvalue weighted by Crippen LogP contribution is -2.38. The third-order valence-electron chi connectivity index (χ3n) is 2.41. The van der Waals surface area contributed by atoms with E-state index in [4.69, 9.17) is 0 Å². The standard InChI is InChI=1S/C12H13BrN2O/c1-8(16)14-12-5-3-10-6-9(7-13)2-4-11(10)15-12/h2-6,12,15H,7H2,1H3,(H,14,16). The third kappa shape index (κ3) is 2.44. The molecule has 16 heavy (non-hydrogen) atoms. The number of fused-ring (bicyclic) bond motifs is 1. The average Bonchev–Trinajstić information content (AvgIpc) is 2.27. The molecule has 0 aliphatic carbocycles. The summed E-state index contributed by atoms with van der Waals surface area (Å²) in [5, 5.41) is 6.90. The lowest BCUT2D eigenvalue weighted by molar-refractivity contribution is -0.119. The van der Waals surface area contributed by atoms with Crippen LogP contribution in [0.25, 0.3) is 6.08 Å². The Balaban J connectivity index is 2.19. The Hall–Kier alpha value is -1.29. The highest BCUT2D eigenvalue weighted by Gasteiger charge is 2.12. The predicted octanol–water partition coefficient (Wildman–Crippen LogP) is 2.48. The minimum atomic E-state index is -0.111. The number of alkyl halides is 1. The Morgan fingerprint density at radius 3 is 3.06 bits per heavy atom. The molecule has 0 aromatic heterocycles. The molecule has 3 nitrogen and oxygen atoms in total. The average molecular weight is 281 g/mol. The molecule has 1 aromatic rings. The SMILES string of the molecule is CC(=O)NC1C=Cc2cc(CBr)ccc2N1. The monoisotopic (exact) mass is 280 g/mol. The molecule has 0 fully saturated rings. The Labute approximate surface area is 103 Å². The van der Waals surface area contributed by atoms with Crippen molar-refractivity contribution < 1.29 is 4.79 Å². The highest BCUT2D eigenvalue weighted by atomic mass is 79.9. The van der Waals surface area contributed by atoms with Crippen LogP contribution in [0.15, 0.2) is 24.3 Å². The summed E-state index contributed by atoms with van der Waals surface area (Å²) in [5.41, 5.74) is 3.44. The number of nitrogens with one attached hydrogen (secondary N) is 2. The van der Waals surface area contributed by atoms with Crippen molar-refractivity contribution >= 4 is 33.6 Å². The number of hydrogen-bond donors (Lipinski definition) is 2. The maximum Gasteiger partial charge on any atom is 0.218 e. The van der Waals surface area contributed by atoms with E-state index < -0.39 is 0 Å². The fourth-order valence-corrected chi connectivity index (χ4v) is 2.03. The van der Waals surface area contributed by atoms with E-state index in [9.17, 15) is 4.79 Å². The van der Waals surface area contributed by atoms with Gasteiger partial charge in [-0.3, -0.25) is 4.79 Å². The molecule has 0 spiro atoms. The van der Waals surface area contributed by atoms with Crippen LogP contribution < -0.4 is 10.6 Å². The lowest BCUT2D eigenvalue weighted by Gasteiger charge is -2.23. The zero-order chi connectivity index (χ0) is 11.5. The molecule has 1 aromatic carbocycles. The van der Waals surface area contributed by atoms with Gasteiger partial charge in [0.15, 0.2) is 0 Å². The smallest absolute Gasteiger partial charge is 0.218 e. The van der Waals surface area contributed by atoms with Crippen LogP contribution in [0.5, 0.6) is 0 Å². The number of halogens is 1. The van der Waals surface area contributed by atoms with Crippen molar-refractivity contribution in [3.05, 3.63) is 35.4 Å². The van der Waals surface area contributed by atoms with Crippen LogP contribution in [-0.2, 0) is 10.1 Å². The number of hydrogen-bond acceptors (Lipinski definition) is 2. The van der Waals surface area contributed by atoms with Gasteiger partial charge in [0.25, 0.3) is 0 Å². The number of benzene rings is 1. The lowest BCUT2D eigenvalue weighted by atomic mass is 10.1. The topological polar surface area (TPSA) is 41.1 Å². The maximum atomic E-state index is 10.9. The van der Waals surface area contributed by atoms with E-state index in [-0.39, 0.29) is 12.1 Å².